The Hall–Kier alpha value is -3.22. The zero-order valence-corrected chi connectivity index (χ0v) is 15.3. The van der Waals surface area contributed by atoms with Crippen molar-refractivity contribution >= 4 is 23.0 Å². The van der Waals surface area contributed by atoms with E-state index in [9.17, 15) is 9.59 Å². The molecule has 1 amide bonds. The number of amides is 1. The summed E-state index contributed by atoms with van der Waals surface area (Å²) in [7, 11) is 0. The molecule has 0 spiro atoms. The van der Waals surface area contributed by atoms with Gasteiger partial charge in [0.2, 0.25) is 0 Å². The lowest BCUT2D eigenvalue weighted by molar-refractivity contribution is 0.0809. The first-order valence-corrected chi connectivity index (χ1v) is 8.86. The Morgan fingerprint density at radius 3 is 2.52 bits per heavy atom. The number of para-hydroxylation sites is 1. The van der Waals surface area contributed by atoms with Crippen molar-refractivity contribution in [1.29, 1.82) is 0 Å². The van der Waals surface area contributed by atoms with Crippen LogP contribution in [-0.2, 0) is 11.3 Å². The summed E-state index contributed by atoms with van der Waals surface area (Å²) in [5, 5.41) is 10.6. The van der Waals surface area contributed by atoms with Crippen LogP contribution in [-0.4, -0.2) is 33.0 Å². The highest BCUT2D eigenvalue weighted by Gasteiger charge is 2.26. The molecule has 0 aliphatic heterocycles. The molecule has 1 atom stereocenters. The second-order valence-corrected chi connectivity index (χ2v) is 6.72. The van der Waals surface area contributed by atoms with Gasteiger partial charge in [-0.15, -0.1) is 5.10 Å². The predicted octanol–water partition coefficient (Wildman–Crippen LogP) is 3.41. The van der Waals surface area contributed by atoms with Gasteiger partial charge in [-0.3, -0.25) is 4.79 Å². The molecule has 1 N–H and O–H groups in total. The Labute approximate surface area is 157 Å². The number of carbonyl (C=O) groups excluding carboxylic acids is 2. The van der Waals surface area contributed by atoms with Gasteiger partial charge in [0.15, 0.2) is 0 Å². The standard InChI is InChI=1S/C20H22N4O3/c1-14(2)12-17(21-20(26)27-13-15-8-4-3-5-9-15)19(25)24-18-11-7-6-10-16(18)22-23-24/h3-11,14,17H,12-13H2,1-2H3,(H,21,26)/t17-/m0/s1. The first-order chi connectivity index (χ1) is 13.0. The Kier molecular flexibility index (Phi) is 5.80. The van der Waals surface area contributed by atoms with Gasteiger partial charge in [-0.05, 0) is 30.0 Å². The van der Waals surface area contributed by atoms with E-state index >= 15 is 0 Å². The highest BCUT2D eigenvalue weighted by molar-refractivity contribution is 5.93. The largest absolute Gasteiger partial charge is 0.445 e. The number of hydrogen-bond acceptors (Lipinski definition) is 5. The summed E-state index contributed by atoms with van der Waals surface area (Å²) in [5.74, 6) is -0.141. The average molecular weight is 366 g/mol. The molecule has 3 rings (SSSR count). The van der Waals surface area contributed by atoms with Crippen LogP contribution in [0.3, 0.4) is 0 Å². The molecule has 7 nitrogen and oxygen atoms in total. The van der Waals surface area contributed by atoms with Gasteiger partial charge in [-0.25, -0.2) is 4.79 Å². The van der Waals surface area contributed by atoms with E-state index in [0.29, 0.717) is 17.5 Å². The van der Waals surface area contributed by atoms with Gasteiger partial charge < -0.3 is 10.1 Å². The van der Waals surface area contributed by atoms with Gasteiger partial charge in [0, 0.05) is 0 Å². The fraction of sp³-hybridized carbons (Fsp3) is 0.300. The van der Waals surface area contributed by atoms with Crippen LogP contribution >= 0.6 is 0 Å². The molecular weight excluding hydrogens is 344 g/mol. The van der Waals surface area contributed by atoms with Crippen molar-refractivity contribution in [3.8, 4) is 0 Å². The third kappa shape index (κ3) is 4.69. The Morgan fingerprint density at radius 1 is 1.07 bits per heavy atom. The van der Waals surface area contributed by atoms with Crippen LogP contribution in [0.2, 0.25) is 0 Å². The molecule has 7 heteroatoms. The highest BCUT2D eigenvalue weighted by atomic mass is 16.5. The quantitative estimate of drug-likeness (QED) is 0.722. The van der Waals surface area contributed by atoms with Gasteiger partial charge in [0.1, 0.15) is 18.2 Å². The zero-order valence-electron chi connectivity index (χ0n) is 15.3. The summed E-state index contributed by atoms with van der Waals surface area (Å²) in [6.07, 6.45) is -0.171. The van der Waals surface area contributed by atoms with E-state index in [1.165, 1.54) is 4.68 Å². The number of fused-ring (bicyclic) bond motifs is 1. The summed E-state index contributed by atoms with van der Waals surface area (Å²) in [6, 6.07) is 15.8. The minimum atomic E-state index is -0.752. The summed E-state index contributed by atoms with van der Waals surface area (Å²) in [4.78, 5) is 25.2. The van der Waals surface area contributed by atoms with Gasteiger partial charge >= 0.3 is 6.09 Å². The number of ether oxygens (including phenoxy) is 1. The molecule has 0 aliphatic rings. The average Bonchev–Trinajstić information content (AvgIpc) is 3.10. The maximum Gasteiger partial charge on any atom is 0.408 e. The molecule has 0 unspecified atom stereocenters. The van der Waals surface area contributed by atoms with Crippen LogP contribution in [0, 0.1) is 5.92 Å². The maximum atomic E-state index is 13.0. The second kappa shape index (κ2) is 8.44. The van der Waals surface area contributed by atoms with Gasteiger partial charge in [0.05, 0.1) is 5.52 Å². The minimum absolute atomic E-state index is 0.140. The van der Waals surface area contributed by atoms with Crippen molar-refractivity contribution in [3.63, 3.8) is 0 Å². The van der Waals surface area contributed by atoms with Gasteiger partial charge in [-0.1, -0.05) is 61.5 Å². The molecule has 2 aromatic carbocycles. The normalized spacial score (nSPS) is 12.1. The molecule has 0 fully saturated rings. The van der Waals surface area contributed by atoms with Crippen molar-refractivity contribution in [2.45, 2.75) is 32.9 Å². The van der Waals surface area contributed by atoms with E-state index < -0.39 is 12.1 Å². The van der Waals surface area contributed by atoms with Crippen LogP contribution in [0.1, 0.15) is 30.6 Å². The van der Waals surface area contributed by atoms with Crippen molar-refractivity contribution in [2.75, 3.05) is 0 Å². The Bertz CT molecular complexity index is 921. The summed E-state index contributed by atoms with van der Waals surface area (Å²) in [6.45, 7) is 4.11. The number of alkyl carbamates (subject to hydrolysis) is 1. The maximum absolute atomic E-state index is 13.0. The first kappa shape index (κ1) is 18.6. The number of nitrogens with zero attached hydrogens (tertiary/aromatic N) is 3. The smallest absolute Gasteiger partial charge is 0.408 e. The van der Waals surface area contributed by atoms with E-state index in [-0.39, 0.29) is 18.4 Å². The summed E-state index contributed by atoms with van der Waals surface area (Å²) >= 11 is 0. The zero-order chi connectivity index (χ0) is 19.2. The number of benzene rings is 2. The van der Waals surface area contributed by atoms with Gasteiger partial charge in [0.25, 0.3) is 5.91 Å². The lowest BCUT2D eigenvalue weighted by atomic mass is 10.0. The van der Waals surface area contributed by atoms with Gasteiger partial charge in [-0.2, -0.15) is 4.68 Å². The molecule has 3 aromatic rings. The van der Waals surface area contributed by atoms with Crippen LogP contribution in [0.5, 0.6) is 0 Å². The Balaban J connectivity index is 1.71. The molecule has 0 aliphatic carbocycles. The highest BCUT2D eigenvalue weighted by Crippen LogP contribution is 2.13. The molecule has 1 aromatic heterocycles. The lowest BCUT2D eigenvalue weighted by Gasteiger charge is -2.19. The number of carbonyl (C=O) groups is 2. The third-order valence-electron chi connectivity index (χ3n) is 4.07. The van der Waals surface area contributed by atoms with E-state index in [1.54, 1.807) is 12.1 Å². The van der Waals surface area contributed by atoms with Crippen molar-refractivity contribution in [1.82, 2.24) is 20.3 Å². The molecule has 0 radical (unpaired) electrons. The van der Waals surface area contributed by atoms with Crippen LogP contribution in [0.4, 0.5) is 4.79 Å². The molecule has 1 heterocycles. The number of nitrogens with one attached hydrogen (secondary N) is 1. The van der Waals surface area contributed by atoms with Crippen LogP contribution in [0.15, 0.2) is 54.6 Å². The minimum Gasteiger partial charge on any atom is -0.445 e. The van der Waals surface area contributed by atoms with E-state index in [1.807, 2.05) is 56.3 Å². The topological polar surface area (TPSA) is 86.1 Å². The fourth-order valence-electron chi connectivity index (χ4n) is 2.78. The summed E-state index contributed by atoms with van der Waals surface area (Å²) in [5.41, 5.74) is 2.11. The van der Waals surface area contributed by atoms with Crippen LogP contribution < -0.4 is 5.32 Å². The molecule has 0 saturated heterocycles. The monoisotopic (exact) mass is 366 g/mol. The molecule has 0 bridgehead atoms. The first-order valence-electron chi connectivity index (χ1n) is 8.86. The van der Waals surface area contributed by atoms with Crippen molar-refractivity contribution in [3.05, 3.63) is 60.2 Å². The van der Waals surface area contributed by atoms with Crippen molar-refractivity contribution < 1.29 is 14.3 Å². The number of aromatic nitrogens is 3. The second-order valence-electron chi connectivity index (χ2n) is 6.72. The summed E-state index contributed by atoms with van der Waals surface area (Å²) < 4.78 is 6.48. The predicted molar refractivity (Wildman–Crippen MR) is 101 cm³/mol. The lowest BCUT2D eigenvalue weighted by Crippen LogP contribution is -2.44. The fourth-order valence-corrected chi connectivity index (χ4v) is 2.78. The number of rotatable bonds is 6. The molecular formula is C20H22N4O3. The SMILES string of the molecule is CC(C)C[C@H](NC(=O)OCc1ccccc1)C(=O)n1nnc2ccccc21. The van der Waals surface area contributed by atoms with Crippen molar-refractivity contribution in [2.24, 2.45) is 5.92 Å². The molecule has 140 valence electrons. The number of hydrogen-bond donors (Lipinski definition) is 1. The third-order valence-corrected chi connectivity index (χ3v) is 4.07. The molecule has 27 heavy (non-hydrogen) atoms. The molecule has 0 saturated carbocycles. The van der Waals surface area contributed by atoms with E-state index in [0.717, 1.165) is 5.56 Å². The Morgan fingerprint density at radius 2 is 1.78 bits per heavy atom. The van der Waals surface area contributed by atoms with E-state index in [2.05, 4.69) is 15.6 Å². The van der Waals surface area contributed by atoms with E-state index in [4.69, 9.17) is 4.74 Å². The van der Waals surface area contributed by atoms with Crippen LogP contribution in [0.25, 0.3) is 11.0 Å².